The number of amides is 1. The molecule has 1 N–H and O–H groups in total. The van der Waals surface area contributed by atoms with Gasteiger partial charge in [0.25, 0.3) is 5.91 Å². The van der Waals surface area contributed by atoms with Gasteiger partial charge in [0.15, 0.2) is 0 Å². The Morgan fingerprint density at radius 1 is 1.30 bits per heavy atom. The van der Waals surface area contributed by atoms with Crippen LogP contribution in [0.5, 0.6) is 5.75 Å². The molecule has 1 aromatic rings. The Morgan fingerprint density at radius 2 is 2.09 bits per heavy atom. The van der Waals surface area contributed by atoms with Crippen molar-refractivity contribution in [2.75, 3.05) is 46.5 Å². The molecule has 1 aliphatic rings. The van der Waals surface area contributed by atoms with Gasteiger partial charge in [-0.25, -0.2) is 0 Å². The summed E-state index contributed by atoms with van der Waals surface area (Å²) < 4.78 is 10.6. The molecule has 0 saturated carbocycles. The fourth-order valence-corrected chi connectivity index (χ4v) is 2.83. The highest BCUT2D eigenvalue weighted by molar-refractivity contribution is 5.94. The monoisotopic (exact) mass is 320 g/mol. The SMILES string of the molecule is CCNCC1CCN(C(=O)c2cccc(OCCOC)c2)CC1. The van der Waals surface area contributed by atoms with Crippen molar-refractivity contribution in [3.8, 4) is 5.75 Å². The predicted molar refractivity (Wildman–Crippen MR) is 91.0 cm³/mol. The van der Waals surface area contributed by atoms with Crippen molar-refractivity contribution in [3.63, 3.8) is 0 Å². The molecule has 1 saturated heterocycles. The van der Waals surface area contributed by atoms with Crippen LogP contribution in [0.25, 0.3) is 0 Å². The molecule has 5 nitrogen and oxygen atoms in total. The van der Waals surface area contributed by atoms with Crippen LogP contribution in [0.1, 0.15) is 30.1 Å². The van der Waals surface area contributed by atoms with E-state index in [1.807, 2.05) is 29.2 Å². The molecule has 0 radical (unpaired) electrons. The number of hydrogen-bond acceptors (Lipinski definition) is 4. The fourth-order valence-electron chi connectivity index (χ4n) is 2.83. The number of piperidine rings is 1. The number of methoxy groups -OCH3 is 1. The summed E-state index contributed by atoms with van der Waals surface area (Å²) in [5, 5.41) is 3.40. The van der Waals surface area contributed by atoms with Gasteiger partial charge >= 0.3 is 0 Å². The summed E-state index contributed by atoms with van der Waals surface area (Å²) in [6, 6.07) is 7.42. The smallest absolute Gasteiger partial charge is 0.253 e. The predicted octanol–water partition coefficient (Wildman–Crippen LogP) is 2.17. The topological polar surface area (TPSA) is 50.8 Å². The second-order valence-electron chi connectivity index (χ2n) is 5.91. The number of hydrogen-bond donors (Lipinski definition) is 1. The highest BCUT2D eigenvalue weighted by Crippen LogP contribution is 2.20. The largest absolute Gasteiger partial charge is 0.491 e. The normalized spacial score (nSPS) is 15.7. The lowest BCUT2D eigenvalue weighted by Crippen LogP contribution is -2.40. The van der Waals surface area contributed by atoms with Gasteiger partial charge in [-0.1, -0.05) is 13.0 Å². The van der Waals surface area contributed by atoms with Crippen molar-refractivity contribution >= 4 is 5.91 Å². The van der Waals surface area contributed by atoms with Gasteiger partial charge in [-0.05, 0) is 50.0 Å². The van der Waals surface area contributed by atoms with E-state index in [1.165, 1.54) is 0 Å². The number of benzene rings is 1. The summed E-state index contributed by atoms with van der Waals surface area (Å²) in [5.41, 5.74) is 0.699. The van der Waals surface area contributed by atoms with E-state index in [1.54, 1.807) is 7.11 Å². The van der Waals surface area contributed by atoms with Crippen molar-refractivity contribution in [1.29, 1.82) is 0 Å². The zero-order chi connectivity index (χ0) is 16.5. The Balaban J connectivity index is 1.87. The molecule has 1 fully saturated rings. The summed E-state index contributed by atoms with van der Waals surface area (Å²) in [5.74, 6) is 1.50. The molecule has 1 heterocycles. The Labute approximate surface area is 139 Å². The van der Waals surface area contributed by atoms with Gasteiger partial charge in [0.2, 0.25) is 0 Å². The first kappa shape index (κ1) is 17.8. The van der Waals surface area contributed by atoms with E-state index in [0.717, 1.165) is 44.8 Å². The third-order valence-corrected chi connectivity index (χ3v) is 4.22. The molecular weight excluding hydrogens is 292 g/mol. The van der Waals surface area contributed by atoms with Crippen LogP contribution in [0.2, 0.25) is 0 Å². The van der Waals surface area contributed by atoms with Crippen LogP contribution in [0.15, 0.2) is 24.3 Å². The van der Waals surface area contributed by atoms with Crippen molar-refractivity contribution in [2.24, 2.45) is 5.92 Å². The molecule has 1 amide bonds. The maximum Gasteiger partial charge on any atom is 0.253 e. The van der Waals surface area contributed by atoms with Crippen LogP contribution in [0.3, 0.4) is 0 Å². The molecular formula is C18H28N2O3. The molecule has 23 heavy (non-hydrogen) atoms. The summed E-state index contributed by atoms with van der Waals surface area (Å²) in [6.07, 6.45) is 2.14. The van der Waals surface area contributed by atoms with Crippen molar-refractivity contribution < 1.29 is 14.3 Å². The Morgan fingerprint density at radius 3 is 2.78 bits per heavy atom. The van der Waals surface area contributed by atoms with Gasteiger partial charge in [0.05, 0.1) is 6.61 Å². The summed E-state index contributed by atoms with van der Waals surface area (Å²) in [4.78, 5) is 14.6. The van der Waals surface area contributed by atoms with E-state index in [-0.39, 0.29) is 5.91 Å². The summed E-state index contributed by atoms with van der Waals surface area (Å²) in [6.45, 7) is 6.89. The van der Waals surface area contributed by atoms with Crippen molar-refractivity contribution in [1.82, 2.24) is 10.2 Å². The summed E-state index contributed by atoms with van der Waals surface area (Å²) >= 11 is 0. The first-order chi connectivity index (χ1) is 11.2. The van der Waals surface area contributed by atoms with Gasteiger partial charge in [0.1, 0.15) is 12.4 Å². The lowest BCUT2D eigenvalue weighted by molar-refractivity contribution is 0.0689. The molecule has 2 rings (SSSR count). The molecule has 0 atom stereocenters. The molecule has 5 heteroatoms. The fraction of sp³-hybridized carbons (Fsp3) is 0.611. The summed E-state index contributed by atoms with van der Waals surface area (Å²) in [7, 11) is 1.64. The number of rotatable bonds is 8. The van der Waals surface area contributed by atoms with Crippen LogP contribution in [-0.4, -0.2) is 57.3 Å². The highest BCUT2D eigenvalue weighted by atomic mass is 16.5. The standard InChI is InChI=1S/C18H28N2O3/c1-3-19-14-15-7-9-20(10-8-15)18(21)16-5-4-6-17(13-16)23-12-11-22-2/h4-6,13,15,19H,3,7-12,14H2,1-2H3. The average Bonchev–Trinajstić information content (AvgIpc) is 2.60. The molecule has 0 aliphatic carbocycles. The van der Waals surface area contributed by atoms with Gasteiger partial charge < -0.3 is 19.7 Å². The molecule has 0 spiro atoms. The maximum absolute atomic E-state index is 12.6. The second kappa shape index (κ2) is 9.53. The molecule has 1 aliphatic heterocycles. The minimum absolute atomic E-state index is 0.101. The van der Waals surface area contributed by atoms with Crippen LogP contribution < -0.4 is 10.1 Å². The minimum atomic E-state index is 0.101. The number of carbonyl (C=O) groups is 1. The number of likely N-dealkylation sites (tertiary alicyclic amines) is 1. The van der Waals surface area contributed by atoms with E-state index in [4.69, 9.17) is 9.47 Å². The molecule has 0 aromatic heterocycles. The van der Waals surface area contributed by atoms with Crippen molar-refractivity contribution in [2.45, 2.75) is 19.8 Å². The number of nitrogens with zero attached hydrogens (tertiary/aromatic N) is 1. The van der Waals surface area contributed by atoms with Gasteiger partial charge in [-0.3, -0.25) is 4.79 Å². The number of ether oxygens (including phenoxy) is 2. The number of carbonyl (C=O) groups excluding carboxylic acids is 1. The lowest BCUT2D eigenvalue weighted by Gasteiger charge is -2.32. The van der Waals surface area contributed by atoms with Crippen LogP contribution in [0, 0.1) is 5.92 Å². The van der Waals surface area contributed by atoms with Gasteiger partial charge in [0, 0.05) is 25.8 Å². The van der Waals surface area contributed by atoms with E-state index < -0.39 is 0 Å². The molecule has 0 bridgehead atoms. The zero-order valence-electron chi connectivity index (χ0n) is 14.2. The van der Waals surface area contributed by atoms with Gasteiger partial charge in [-0.15, -0.1) is 0 Å². The van der Waals surface area contributed by atoms with E-state index in [2.05, 4.69) is 12.2 Å². The Bertz CT molecular complexity index is 485. The molecule has 0 unspecified atom stereocenters. The van der Waals surface area contributed by atoms with Crippen LogP contribution >= 0.6 is 0 Å². The highest BCUT2D eigenvalue weighted by Gasteiger charge is 2.23. The molecule has 1 aromatic carbocycles. The Kier molecular flexibility index (Phi) is 7.36. The van der Waals surface area contributed by atoms with Crippen molar-refractivity contribution in [3.05, 3.63) is 29.8 Å². The third-order valence-electron chi connectivity index (χ3n) is 4.22. The zero-order valence-corrected chi connectivity index (χ0v) is 14.2. The van der Waals surface area contributed by atoms with E-state index in [9.17, 15) is 4.79 Å². The first-order valence-electron chi connectivity index (χ1n) is 8.46. The third kappa shape index (κ3) is 5.52. The van der Waals surface area contributed by atoms with E-state index in [0.29, 0.717) is 24.7 Å². The van der Waals surface area contributed by atoms with E-state index >= 15 is 0 Å². The quantitative estimate of drug-likeness (QED) is 0.746. The van der Waals surface area contributed by atoms with Crippen LogP contribution in [0.4, 0.5) is 0 Å². The average molecular weight is 320 g/mol. The second-order valence-corrected chi connectivity index (χ2v) is 5.91. The van der Waals surface area contributed by atoms with Gasteiger partial charge in [-0.2, -0.15) is 0 Å². The van der Waals surface area contributed by atoms with Crippen LogP contribution in [-0.2, 0) is 4.74 Å². The molecule has 128 valence electrons. The first-order valence-corrected chi connectivity index (χ1v) is 8.46. The lowest BCUT2D eigenvalue weighted by atomic mass is 9.96. The maximum atomic E-state index is 12.6. The Hall–Kier alpha value is -1.59. The number of nitrogens with one attached hydrogen (secondary N) is 1. The minimum Gasteiger partial charge on any atom is -0.491 e.